The van der Waals surface area contributed by atoms with Crippen LogP contribution in [0.1, 0.15) is 18.4 Å². The first-order valence-electron chi connectivity index (χ1n) is 8.00. The van der Waals surface area contributed by atoms with Crippen LogP contribution in [-0.4, -0.2) is 42.6 Å². The first-order chi connectivity index (χ1) is 12.0. The first kappa shape index (κ1) is 18.0. The molecule has 0 aliphatic carbocycles. The van der Waals surface area contributed by atoms with Gasteiger partial charge in [-0.3, -0.25) is 4.99 Å². The lowest BCUT2D eigenvalue weighted by Gasteiger charge is -2.46. The molecule has 0 spiro atoms. The molecule has 3 N–H and O–H groups in total. The third-order valence-electron chi connectivity index (χ3n) is 4.79. The Labute approximate surface area is 149 Å². The van der Waals surface area contributed by atoms with Crippen molar-refractivity contribution < 1.29 is 13.5 Å². The number of aliphatic imine (C=N–C) groups is 2. The van der Waals surface area contributed by atoms with Gasteiger partial charge in [-0.05, 0) is 12.5 Å². The molecule has 2 heterocycles. The highest BCUT2D eigenvalue weighted by atomic mass is 32.2. The van der Waals surface area contributed by atoms with Gasteiger partial charge in [0.15, 0.2) is 5.17 Å². The van der Waals surface area contributed by atoms with Crippen molar-refractivity contribution in [1.29, 1.82) is 5.41 Å². The second-order valence-corrected chi connectivity index (χ2v) is 7.21. The maximum Gasteiger partial charge on any atom is 0.154 e. The van der Waals surface area contributed by atoms with Gasteiger partial charge in [0.25, 0.3) is 0 Å². The monoisotopic (exact) mass is 366 g/mol. The van der Waals surface area contributed by atoms with Gasteiger partial charge in [-0.25, -0.2) is 13.8 Å². The number of thioether (sulfide) groups is 1. The number of ether oxygens (including phenoxy) is 1. The number of halogens is 2. The topological polar surface area (TPSA) is 83.8 Å². The van der Waals surface area contributed by atoms with Crippen LogP contribution in [0.5, 0.6) is 0 Å². The highest BCUT2D eigenvalue weighted by Gasteiger charge is 2.50. The largest absolute Gasteiger partial charge is 0.379 e. The van der Waals surface area contributed by atoms with E-state index in [1.54, 1.807) is 7.05 Å². The fourth-order valence-electron chi connectivity index (χ4n) is 3.51. The Morgan fingerprint density at radius 1 is 1.56 bits per heavy atom. The Morgan fingerprint density at radius 3 is 3.04 bits per heavy atom. The maximum atomic E-state index is 14.5. The van der Waals surface area contributed by atoms with Crippen LogP contribution < -0.4 is 5.73 Å². The van der Waals surface area contributed by atoms with E-state index >= 15 is 0 Å². The summed E-state index contributed by atoms with van der Waals surface area (Å²) in [4.78, 5) is 8.78. The van der Waals surface area contributed by atoms with Crippen molar-refractivity contribution in [2.24, 2.45) is 21.6 Å². The molecule has 2 aliphatic rings. The van der Waals surface area contributed by atoms with Crippen LogP contribution >= 0.6 is 11.8 Å². The van der Waals surface area contributed by atoms with Crippen LogP contribution in [0.25, 0.3) is 0 Å². The quantitative estimate of drug-likeness (QED) is 0.804. The zero-order valence-corrected chi connectivity index (χ0v) is 14.7. The third kappa shape index (κ3) is 3.32. The van der Waals surface area contributed by atoms with Gasteiger partial charge in [0.2, 0.25) is 0 Å². The number of benzene rings is 1. The van der Waals surface area contributed by atoms with Gasteiger partial charge in [0.1, 0.15) is 17.2 Å². The molecule has 3 rings (SSSR count). The van der Waals surface area contributed by atoms with E-state index < -0.39 is 17.2 Å². The number of nitrogens with zero attached hydrogens (tertiary/aromatic N) is 2. The second-order valence-electron chi connectivity index (χ2n) is 6.16. The molecule has 1 fully saturated rings. The Hall–Kier alpha value is -1.80. The minimum atomic E-state index is -0.951. The highest BCUT2D eigenvalue weighted by molar-refractivity contribution is 8.13. The molecule has 1 aromatic rings. The molecular formula is C17H20F2N4OS. The van der Waals surface area contributed by atoms with E-state index in [9.17, 15) is 8.78 Å². The summed E-state index contributed by atoms with van der Waals surface area (Å²) in [7, 11) is 1.68. The zero-order valence-electron chi connectivity index (χ0n) is 13.8. The van der Waals surface area contributed by atoms with Gasteiger partial charge >= 0.3 is 0 Å². The first-order valence-corrected chi connectivity index (χ1v) is 8.98. The predicted octanol–water partition coefficient (Wildman–Crippen LogP) is 2.74. The summed E-state index contributed by atoms with van der Waals surface area (Å²) in [6, 6.07) is 3.53. The van der Waals surface area contributed by atoms with Gasteiger partial charge in [0, 0.05) is 48.7 Å². The van der Waals surface area contributed by atoms with Crippen LogP contribution in [0.2, 0.25) is 0 Å². The minimum Gasteiger partial charge on any atom is -0.379 e. The number of rotatable bonds is 4. The van der Waals surface area contributed by atoms with Crippen molar-refractivity contribution in [3.63, 3.8) is 0 Å². The molecule has 25 heavy (non-hydrogen) atoms. The molecule has 8 heteroatoms. The van der Waals surface area contributed by atoms with Crippen LogP contribution in [0.15, 0.2) is 28.2 Å². The SMILES string of the molecule is CN=C(CC=N)C1CC2CSC(N)=NC2(c2ccc(F)cc2F)CO1. The second kappa shape index (κ2) is 7.21. The van der Waals surface area contributed by atoms with E-state index in [1.807, 2.05) is 0 Å². The molecule has 1 saturated heterocycles. The smallest absolute Gasteiger partial charge is 0.154 e. The van der Waals surface area contributed by atoms with Crippen LogP contribution in [0.3, 0.4) is 0 Å². The Kier molecular flexibility index (Phi) is 5.19. The summed E-state index contributed by atoms with van der Waals surface area (Å²) < 4.78 is 33.8. The van der Waals surface area contributed by atoms with Gasteiger partial charge in [-0.2, -0.15) is 0 Å². The number of nitrogens with two attached hydrogens (primary N) is 1. The summed E-state index contributed by atoms with van der Waals surface area (Å²) in [6.45, 7) is 0.142. The number of nitrogens with one attached hydrogen (secondary N) is 1. The maximum absolute atomic E-state index is 14.5. The van der Waals surface area contributed by atoms with Crippen LogP contribution in [0, 0.1) is 23.0 Å². The van der Waals surface area contributed by atoms with Crippen molar-refractivity contribution in [1.82, 2.24) is 0 Å². The number of hydrogen-bond donors (Lipinski definition) is 2. The molecular weight excluding hydrogens is 346 g/mol. The molecule has 2 aliphatic heterocycles. The lowest BCUT2D eigenvalue weighted by molar-refractivity contribution is -0.0258. The number of fused-ring (bicyclic) bond motifs is 1. The lowest BCUT2D eigenvalue weighted by atomic mass is 9.74. The number of amidine groups is 1. The summed E-state index contributed by atoms with van der Waals surface area (Å²) >= 11 is 1.43. The molecule has 3 unspecified atom stereocenters. The molecule has 134 valence electrons. The van der Waals surface area contributed by atoms with Crippen molar-refractivity contribution in [2.75, 3.05) is 19.4 Å². The van der Waals surface area contributed by atoms with Gasteiger partial charge in [-0.15, -0.1) is 0 Å². The summed E-state index contributed by atoms with van der Waals surface area (Å²) in [6.07, 6.45) is 2.08. The fourth-order valence-corrected chi connectivity index (χ4v) is 4.52. The Balaban J connectivity index is 1.99. The van der Waals surface area contributed by atoms with E-state index in [-0.39, 0.29) is 18.6 Å². The summed E-state index contributed by atoms with van der Waals surface area (Å²) in [5.41, 5.74) is 6.06. The third-order valence-corrected chi connectivity index (χ3v) is 5.74. The van der Waals surface area contributed by atoms with Crippen molar-refractivity contribution >= 4 is 28.9 Å². The predicted molar refractivity (Wildman–Crippen MR) is 96.7 cm³/mol. The van der Waals surface area contributed by atoms with E-state index in [0.29, 0.717) is 29.3 Å². The minimum absolute atomic E-state index is 0.0222. The van der Waals surface area contributed by atoms with Crippen molar-refractivity contribution in [2.45, 2.75) is 24.5 Å². The van der Waals surface area contributed by atoms with E-state index in [4.69, 9.17) is 15.9 Å². The molecule has 5 nitrogen and oxygen atoms in total. The van der Waals surface area contributed by atoms with Gasteiger partial charge in [0.05, 0.1) is 12.7 Å². The van der Waals surface area contributed by atoms with E-state index in [0.717, 1.165) is 11.8 Å². The molecule has 0 saturated carbocycles. The fraction of sp³-hybridized carbons (Fsp3) is 0.471. The van der Waals surface area contributed by atoms with Gasteiger partial charge < -0.3 is 15.9 Å². The number of hydrogen-bond acceptors (Lipinski definition) is 6. The average molecular weight is 366 g/mol. The summed E-state index contributed by atoms with van der Waals surface area (Å²) in [5, 5.41) is 7.68. The molecule has 1 aromatic carbocycles. The molecule has 0 radical (unpaired) electrons. The Bertz CT molecular complexity index is 739. The molecule has 3 atom stereocenters. The highest BCUT2D eigenvalue weighted by Crippen LogP contribution is 2.46. The normalized spacial score (nSPS) is 29.7. The van der Waals surface area contributed by atoms with Crippen molar-refractivity contribution in [3.8, 4) is 0 Å². The molecule has 0 aromatic heterocycles. The Morgan fingerprint density at radius 2 is 2.36 bits per heavy atom. The van der Waals surface area contributed by atoms with Gasteiger partial charge in [-0.1, -0.05) is 17.8 Å². The van der Waals surface area contributed by atoms with Crippen LogP contribution in [0.4, 0.5) is 8.78 Å². The van der Waals surface area contributed by atoms with E-state index in [1.165, 1.54) is 30.1 Å². The standard InChI is InChI=1S/C17H20F2N4OS/c1-22-14(4-5-20)15-6-10-8-25-16(21)23-17(10,9-24-15)12-3-2-11(18)7-13(12)19/h2-3,5,7,10,15,20H,4,6,8-9H2,1H3,(H2,21,23). The average Bonchev–Trinajstić information content (AvgIpc) is 2.59. The lowest BCUT2D eigenvalue weighted by Crippen LogP contribution is -2.52. The molecule has 0 amide bonds. The summed E-state index contributed by atoms with van der Waals surface area (Å²) in [5.74, 6) is -0.615. The van der Waals surface area contributed by atoms with E-state index in [2.05, 4.69) is 9.98 Å². The molecule has 0 bridgehead atoms. The van der Waals surface area contributed by atoms with Crippen LogP contribution in [-0.2, 0) is 10.3 Å². The van der Waals surface area contributed by atoms with Crippen molar-refractivity contribution in [3.05, 3.63) is 35.4 Å². The zero-order chi connectivity index (χ0) is 18.0.